The summed E-state index contributed by atoms with van der Waals surface area (Å²) in [6.07, 6.45) is 4.74. The summed E-state index contributed by atoms with van der Waals surface area (Å²) in [4.78, 5) is 9.87. The van der Waals surface area contributed by atoms with E-state index in [2.05, 4.69) is 0 Å². The molecule has 2 nitrogen and oxygen atoms in total. The Morgan fingerprint density at radius 3 is 2.50 bits per heavy atom. The zero-order valence-corrected chi connectivity index (χ0v) is 6.66. The highest BCUT2D eigenvalue weighted by molar-refractivity contribution is 5.74. The van der Waals surface area contributed by atoms with Crippen molar-refractivity contribution in [3.63, 3.8) is 0 Å². The Morgan fingerprint density at radius 2 is 2.00 bits per heavy atom. The molecule has 0 heterocycles. The van der Waals surface area contributed by atoms with Crippen molar-refractivity contribution >= 4 is 12.4 Å². The molecule has 12 heavy (non-hydrogen) atoms. The molecule has 0 saturated heterocycles. The maximum atomic E-state index is 9.87. The first-order chi connectivity index (χ1) is 5.86. The Labute approximate surface area is 71.7 Å². The van der Waals surface area contributed by atoms with Gasteiger partial charge < -0.3 is 5.73 Å². The summed E-state index contributed by atoms with van der Waals surface area (Å²) in [6, 6.07) is 7.70. The molecule has 0 saturated carbocycles. The van der Waals surface area contributed by atoms with Crippen LogP contribution in [-0.4, -0.2) is 6.29 Å². The third-order valence-corrected chi connectivity index (χ3v) is 1.56. The van der Waals surface area contributed by atoms with Crippen LogP contribution in [0.4, 0.5) is 0 Å². The molecule has 0 bridgehead atoms. The highest BCUT2D eigenvalue weighted by Gasteiger charge is 1.88. The zero-order chi connectivity index (χ0) is 8.81. The van der Waals surface area contributed by atoms with Crippen LogP contribution in [0.1, 0.15) is 11.1 Å². The van der Waals surface area contributed by atoms with E-state index < -0.39 is 0 Å². The number of benzene rings is 1. The van der Waals surface area contributed by atoms with Crippen LogP contribution in [-0.2, 0) is 11.3 Å². The largest absolute Gasteiger partial charge is 0.326 e. The smallest absolute Gasteiger partial charge is 0.225 e. The Bertz CT molecular complexity index is 274. The van der Waals surface area contributed by atoms with Crippen molar-refractivity contribution in [2.75, 3.05) is 0 Å². The van der Waals surface area contributed by atoms with Crippen molar-refractivity contribution in [1.29, 1.82) is 0 Å². The quantitative estimate of drug-likeness (QED) is 0.676. The van der Waals surface area contributed by atoms with Crippen molar-refractivity contribution in [2.45, 2.75) is 6.54 Å². The molecule has 0 aromatic heterocycles. The molecule has 0 atom stereocenters. The fourth-order valence-corrected chi connectivity index (χ4v) is 0.895. The first-order valence-corrected chi connectivity index (χ1v) is 3.70. The maximum Gasteiger partial charge on any atom is 0.225 e. The van der Waals surface area contributed by atoms with Gasteiger partial charge in [-0.25, -0.2) is 0 Å². The number of rotatable bonds is 3. The van der Waals surface area contributed by atoms with Crippen LogP contribution in [0.3, 0.4) is 0 Å². The highest BCUT2D eigenvalue weighted by Crippen LogP contribution is 2.04. The molecule has 1 rings (SSSR count). The van der Waals surface area contributed by atoms with Crippen molar-refractivity contribution in [2.24, 2.45) is 5.73 Å². The SMILES string of the molecule is NCc1ccc(C=C[C]=O)cc1. The Hall–Kier alpha value is -1.41. The normalized spacial score (nSPS) is 10.4. The van der Waals surface area contributed by atoms with Gasteiger partial charge in [0.15, 0.2) is 0 Å². The lowest BCUT2D eigenvalue weighted by Crippen LogP contribution is -1.94. The molecule has 0 unspecified atom stereocenters. The number of hydrogen-bond donors (Lipinski definition) is 1. The van der Waals surface area contributed by atoms with Crippen molar-refractivity contribution in [3.8, 4) is 0 Å². The molecule has 1 aromatic rings. The monoisotopic (exact) mass is 160 g/mol. The number of carbonyl (C=O) groups excluding carboxylic acids is 1. The van der Waals surface area contributed by atoms with Crippen LogP contribution in [0, 0.1) is 0 Å². The van der Waals surface area contributed by atoms with Crippen molar-refractivity contribution in [1.82, 2.24) is 0 Å². The van der Waals surface area contributed by atoms with Gasteiger partial charge in [-0.3, -0.25) is 4.79 Å². The lowest BCUT2D eigenvalue weighted by molar-refractivity contribution is 0.564. The minimum absolute atomic E-state index is 0.545. The second-order valence-corrected chi connectivity index (χ2v) is 2.40. The van der Waals surface area contributed by atoms with Crippen molar-refractivity contribution < 1.29 is 4.79 Å². The lowest BCUT2D eigenvalue weighted by atomic mass is 10.1. The van der Waals surface area contributed by atoms with Gasteiger partial charge in [-0.2, -0.15) is 0 Å². The predicted octanol–water partition coefficient (Wildman–Crippen LogP) is 1.27. The average Bonchev–Trinajstić information content (AvgIpc) is 2.15. The van der Waals surface area contributed by atoms with Gasteiger partial charge in [-0.1, -0.05) is 30.3 Å². The molecule has 0 aliphatic carbocycles. The van der Waals surface area contributed by atoms with Gasteiger partial charge in [0.05, 0.1) is 0 Å². The maximum absolute atomic E-state index is 9.87. The van der Waals surface area contributed by atoms with Crippen LogP contribution in [0.15, 0.2) is 30.3 Å². The molecule has 2 N–H and O–H groups in total. The van der Waals surface area contributed by atoms with Crippen LogP contribution in [0.25, 0.3) is 6.08 Å². The van der Waals surface area contributed by atoms with E-state index in [1.54, 1.807) is 12.4 Å². The summed E-state index contributed by atoms with van der Waals surface area (Å²) in [5.41, 5.74) is 7.49. The van der Waals surface area contributed by atoms with Crippen LogP contribution < -0.4 is 5.73 Å². The van der Waals surface area contributed by atoms with E-state index in [0.29, 0.717) is 6.54 Å². The number of allylic oxidation sites excluding steroid dienone is 1. The summed E-state index contributed by atoms with van der Waals surface area (Å²) in [5, 5.41) is 0. The van der Waals surface area contributed by atoms with Gasteiger partial charge in [-0.05, 0) is 17.2 Å². The Kier molecular flexibility index (Phi) is 3.23. The summed E-state index contributed by atoms with van der Waals surface area (Å²) >= 11 is 0. The van der Waals surface area contributed by atoms with E-state index in [4.69, 9.17) is 5.73 Å². The molecular formula is C10H10NO. The molecule has 0 spiro atoms. The number of hydrogen-bond acceptors (Lipinski definition) is 2. The third-order valence-electron chi connectivity index (χ3n) is 1.56. The van der Waals surface area contributed by atoms with Gasteiger partial charge in [0.1, 0.15) is 0 Å². The van der Waals surface area contributed by atoms with Gasteiger partial charge in [0.2, 0.25) is 6.29 Å². The Morgan fingerprint density at radius 1 is 1.33 bits per heavy atom. The summed E-state index contributed by atoms with van der Waals surface area (Å²) in [5.74, 6) is 0. The van der Waals surface area contributed by atoms with Gasteiger partial charge in [0, 0.05) is 6.54 Å². The lowest BCUT2D eigenvalue weighted by Gasteiger charge is -1.95. The van der Waals surface area contributed by atoms with E-state index in [1.165, 1.54) is 6.08 Å². The van der Waals surface area contributed by atoms with E-state index in [-0.39, 0.29) is 0 Å². The molecule has 2 heteroatoms. The molecule has 0 aliphatic rings. The first-order valence-electron chi connectivity index (χ1n) is 3.70. The predicted molar refractivity (Wildman–Crippen MR) is 49.1 cm³/mol. The topological polar surface area (TPSA) is 43.1 Å². The molecule has 0 aliphatic heterocycles. The average molecular weight is 160 g/mol. The minimum atomic E-state index is 0.545. The molecule has 1 aromatic carbocycles. The first kappa shape index (κ1) is 8.68. The summed E-state index contributed by atoms with van der Waals surface area (Å²) in [7, 11) is 0. The molecular weight excluding hydrogens is 150 g/mol. The fourth-order valence-electron chi connectivity index (χ4n) is 0.895. The Balaban J connectivity index is 2.77. The van der Waals surface area contributed by atoms with E-state index in [9.17, 15) is 4.79 Å². The third kappa shape index (κ3) is 2.32. The summed E-state index contributed by atoms with van der Waals surface area (Å²) in [6.45, 7) is 0.545. The zero-order valence-electron chi connectivity index (χ0n) is 6.66. The van der Waals surface area contributed by atoms with Gasteiger partial charge in [0.25, 0.3) is 0 Å². The van der Waals surface area contributed by atoms with Gasteiger partial charge >= 0.3 is 0 Å². The summed E-state index contributed by atoms with van der Waals surface area (Å²) < 4.78 is 0. The molecule has 1 radical (unpaired) electrons. The highest BCUT2D eigenvalue weighted by atomic mass is 16.1. The van der Waals surface area contributed by atoms with Crippen molar-refractivity contribution in [3.05, 3.63) is 41.5 Å². The second-order valence-electron chi connectivity index (χ2n) is 2.40. The molecule has 0 fully saturated rings. The van der Waals surface area contributed by atoms with Crippen LogP contribution in [0.5, 0.6) is 0 Å². The van der Waals surface area contributed by atoms with Crippen LogP contribution in [0.2, 0.25) is 0 Å². The van der Waals surface area contributed by atoms with E-state index in [1.807, 2.05) is 24.3 Å². The molecule has 61 valence electrons. The van der Waals surface area contributed by atoms with Gasteiger partial charge in [-0.15, -0.1) is 0 Å². The van der Waals surface area contributed by atoms with E-state index >= 15 is 0 Å². The second kappa shape index (κ2) is 4.46. The standard InChI is InChI=1S/C10H10NO/c11-8-10-5-3-9(4-6-10)2-1-7-12/h1-6H,8,11H2. The fraction of sp³-hybridized carbons (Fsp3) is 0.100. The minimum Gasteiger partial charge on any atom is -0.326 e. The number of nitrogens with two attached hydrogens (primary N) is 1. The van der Waals surface area contributed by atoms with E-state index in [0.717, 1.165) is 11.1 Å². The molecule has 0 amide bonds. The van der Waals surface area contributed by atoms with Crippen LogP contribution >= 0.6 is 0 Å².